The van der Waals surface area contributed by atoms with E-state index in [1.807, 2.05) is 0 Å². The molecule has 21 heavy (non-hydrogen) atoms. The number of hydrogen-bond donors (Lipinski definition) is 2. The van der Waals surface area contributed by atoms with Gasteiger partial charge in [-0.3, -0.25) is 19.8 Å². The van der Waals surface area contributed by atoms with Crippen LogP contribution < -0.4 is 5.73 Å². The van der Waals surface area contributed by atoms with Gasteiger partial charge in [-0.2, -0.15) is 0 Å². The first-order chi connectivity index (χ1) is 9.78. The van der Waals surface area contributed by atoms with E-state index in [4.69, 9.17) is 5.73 Å². The van der Waals surface area contributed by atoms with Gasteiger partial charge < -0.3 is 10.8 Å². The van der Waals surface area contributed by atoms with Crippen molar-refractivity contribution >= 4 is 11.6 Å². The molecule has 1 amide bonds. The highest BCUT2D eigenvalue weighted by Crippen LogP contribution is 2.26. The van der Waals surface area contributed by atoms with Gasteiger partial charge in [-0.05, 0) is 25.8 Å². The number of nitro benzene ring substituents is 1. The number of carbonyl (C=O) groups is 1. The molecule has 1 fully saturated rings. The Balaban J connectivity index is 2.16. The second-order valence-electron chi connectivity index (χ2n) is 5.74. The van der Waals surface area contributed by atoms with Crippen LogP contribution in [0.3, 0.4) is 0 Å². The molecular weight excluding hydrogens is 274 g/mol. The molecule has 0 spiro atoms. The van der Waals surface area contributed by atoms with Crippen molar-refractivity contribution < 1.29 is 14.8 Å². The smallest absolute Gasteiger partial charge is 0.274 e. The van der Waals surface area contributed by atoms with Crippen molar-refractivity contribution in [2.75, 3.05) is 13.1 Å². The molecule has 114 valence electrons. The highest BCUT2D eigenvalue weighted by molar-refractivity contribution is 5.93. The monoisotopic (exact) mass is 293 g/mol. The van der Waals surface area contributed by atoms with E-state index < -0.39 is 16.4 Å². The molecule has 0 unspecified atom stereocenters. The van der Waals surface area contributed by atoms with Crippen LogP contribution in [0.25, 0.3) is 0 Å². The average Bonchev–Trinajstić information content (AvgIpc) is 2.41. The van der Waals surface area contributed by atoms with Crippen molar-refractivity contribution in [1.29, 1.82) is 0 Å². The van der Waals surface area contributed by atoms with Crippen molar-refractivity contribution in [2.24, 2.45) is 5.73 Å². The number of hydrogen-bond acceptors (Lipinski definition) is 5. The summed E-state index contributed by atoms with van der Waals surface area (Å²) in [6.07, 6.45) is 1.28. The number of amides is 1. The molecule has 1 heterocycles. The summed E-state index contributed by atoms with van der Waals surface area (Å²) >= 11 is 0. The fourth-order valence-corrected chi connectivity index (χ4v) is 2.45. The van der Waals surface area contributed by atoms with Crippen LogP contribution in [0.4, 0.5) is 5.69 Å². The quantitative estimate of drug-likeness (QED) is 0.636. The average molecular weight is 293 g/mol. The summed E-state index contributed by atoms with van der Waals surface area (Å²) in [6, 6.07) is 4.30. The third kappa shape index (κ3) is 3.77. The molecule has 1 aromatic carbocycles. The number of benzene rings is 1. The zero-order valence-electron chi connectivity index (χ0n) is 11.9. The zero-order chi connectivity index (χ0) is 15.6. The van der Waals surface area contributed by atoms with E-state index in [1.165, 1.54) is 12.1 Å². The van der Waals surface area contributed by atoms with Gasteiger partial charge in [0, 0.05) is 36.8 Å². The van der Waals surface area contributed by atoms with Gasteiger partial charge in [0.2, 0.25) is 5.91 Å². The molecule has 0 atom stereocenters. The van der Waals surface area contributed by atoms with E-state index in [2.05, 4.69) is 4.90 Å². The number of nitrogens with zero attached hydrogens (tertiary/aromatic N) is 2. The van der Waals surface area contributed by atoms with Gasteiger partial charge >= 0.3 is 0 Å². The summed E-state index contributed by atoms with van der Waals surface area (Å²) in [7, 11) is 0. The lowest BCUT2D eigenvalue weighted by Gasteiger charge is -2.35. The van der Waals surface area contributed by atoms with Gasteiger partial charge in [0.1, 0.15) is 0 Å². The number of piperidine rings is 1. The van der Waals surface area contributed by atoms with Crippen LogP contribution in [0.1, 0.15) is 35.7 Å². The minimum absolute atomic E-state index is 0.0939. The van der Waals surface area contributed by atoms with Crippen LogP contribution >= 0.6 is 0 Å². The van der Waals surface area contributed by atoms with Crippen LogP contribution in [0, 0.1) is 10.1 Å². The summed E-state index contributed by atoms with van der Waals surface area (Å²) in [6.45, 7) is 3.59. The van der Waals surface area contributed by atoms with Crippen LogP contribution in [-0.2, 0) is 6.54 Å². The molecule has 0 aliphatic carbocycles. The molecule has 1 aliphatic heterocycles. The molecule has 0 radical (unpaired) electrons. The number of likely N-dealkylation sites (tertiary alicyclic amines) is 1. The van der Waals surface area contributed by atoms with Crippen molar-refractivity contribution in [1.82, 2.24) is 4.90 Å². The van der Waals surface area contributed by atoms with Crippen LogP contribution in [0.15, 0.2) is 18.2 Å². The first kappa shape index (κ1) is 15.4. The predicted octanol–water partition coefficient (Wildman–Crippen LogP) is 1.04. The van der Waals surface area contributed by atoms with E-state index in [9.17, 15) is 20.0 Å². The first-order valence-electron chi connectivity index (χ1n) is 6.80. The third-order valence-electron chi connectivity index (χ3n) is 3.89. The lowest BCUT2D eigenvalue weighted by Crippen LogP contribution is -2.42. The summed E-state index contributed by atoms with van der Waals surface area (Å²) in [5.41, 5.74) is 5.08. The lowest BCUT2D eigenvalue weighted by atomic mass is 9.93. The molecule has 0 aromatic heterocycles. The summed E-state index contributed by atoms with van der Waals surface area (Å²) in [4.78, 5) is 23.8. The molecule has 1 aromatic rings. The van der Waals surface area contributed by atoms with Crippen LogP contribution in [0.5, 0.6) is 0 Å². The highest BCUT2D eigenvalue weighted by Gasteiger charge is 2.28. The molecule has 0 bridgehead atoms. The summed E-state index contributed by atoms with van der Waals surface area (Å²) < 4.78 is 0. The van der Waals surface area contributed by atoms with Crippen LogP contribution in [0.2, 0.25) is 0 Å². The minimum atomic E-state index is -0.682. The highest BCUT2D eigenvalue weighted by atomic mass is 16.6. The Labute approximate surface area is 122 Å². The molecule has 0 saturated carbocycles. The van der Waals surface area contributed by atoms with Crippen molar-refractivity contribution in [3.63, 3.8) is 0 Å². The number of nitro groups is 1. The summed E-state index contributed by atoms with van der Waals surface area (Å²) in [5, 5.41) is 21.0. The van der Waals surface area contributed by atoms with E-state index in [0.29, 0.717) is 38.0 Å². The van der Waals surface area contributed by atoms with Gasteiger partial charge in [0.25, 0.3) is 5.69 Å². The predicted molar refractivity (Wildman–Crippen MR) is 76.7 cm³/mol. The van der Waals surface area contributed by atoms with Gasteiger partial charge in [-0.1, -0.05) is 6.07 Å². The summed E-state index contributed by atoms with van der Waals surface area (Å²) in [5.74, 6) is -0.682. The van der Waals surface area contributed by atoms with Gasteiger partial charge in [-0.15, -0.1) is 0 Å². The molecule has 3 N–H and O–H groups in total. The normalized spacial score (nSPS) is 18.4. The standard InChI is InChI=1S/C14H19N3O4/c1-14(19)4-6-16(7-5-14)9-11-3-2-10(13(15)18)8-12(11)17(20)21/h2-3,8,19H,4-7,9H2,1H3,(H2,15,18). The Kier molecular flexibility index (Phi) is 4.24. The molecule has 1 saturated heterocycles. The Morgan fingerprint density at radius 1 is 1.48 bits per heavy atom. The second kappa shape index (κ2) is 5.79. The maximum atomic E-state index is 11.1. The Morgan fingerprint density at radius 2 is 2.10 bits per heavy atom. The van der Waals surface area contributed by atoms with E-state index in [1.54, 1.807) is 13.0 Å². The lowest BCUT2D eigenvalue weighted by molar-refractivity contribution is -0.385. The number of aliphatic hydroxyl groups is 1. The minimum Gasteiger partial charge on any atom is -0.390 e. The first-order valence-corrected chi connectivity index (χ1v) is 6.80. The molecule has 1 aliphatic rings. The third-order valence-corrected chi connectivity index (χ3v) is 3.89. The Morgan fingerprint density at radius 3 is 2.62 bits per heavy atom. The second-order valence-corrected chi connectivity index (χ2v) is 5.74. The molecule has 7 nitrogen and oxygen atoms in total. The van der Waals surface area contributed by atoms with Gasteiger partial charge in [0.15, 0.2) is 0 Å². The maximum absolute atomic E-state index is 11.1. The SMILES string of the molecule is CC1(O)CCN(Cc2ccc(C(N)=O)cc2[N+](=O)[O-])CC1. The zero-order valence-corrected chi connectivity index (χ0v) is 11.9. The number of primary amides is 1. The fourth-order valence-electron chi connectivity index (χ4n) is 2.45. The Hall–Kier alpha value is -1.99. The molecule has 7 heteroatoms. The fraction of sp³-hybridized carbons (Fsp3) is 0.500. The number of carbonyl (C=O) groups excluding carboxylic acids is 1. The maximum Gasteiger partial charge on any atom is 0.274 e. The van der Waals surface area contributed by atoms with Crippen molar-refractivity contribution in [3.05, 3.63) is 39.4 Å². The molecular formula is C14H19N3O4. The van der Waals surface area contributed by atoms with E-state index in [-0.39, 0.29) is 11.3 Å². The van der Waals surface area contributed by atoms with E-state index >= 15 is 0 Å². The Bertz CT molecular complexity index is 561. The number of rotatable bonds is 4. The largest absolute Gasteiger partial charge is 0.390 e. The van der Waals surface area contributed by atoms with E-state index in [0.717, 1.165) is 0 Å². The van der Waals surface area contributed by atoms with Crippen LogP contribution in [-0.4, -0.2) is 39.5 Å². The molecule has 2 rings (SSSR count). The van der Waals surface area contributed by atoms with Gasteiger partial charge in [-0.25, -0.2) is 0 Å². The number of nitrogens with two attached hydrogens (primary N) is 1. The van der Waals surface area contributed by atoms with Crippen molar-refractivity contribution in [3.8, 4) is 0 Å². The topological polar surface area (TPSA) is 110 Å². The van der Waals surface area contributed by atoms with Gasteiger partial charge in [0.05, 0.1) is 10.5 Å². The van der Waals surface area contributed by atoms with Crippen molar-refractivity contribution in [2.45, 2.75) is 31.9 Å².